The molecule has 0 fully saturated rings. The van der Waals surface area contributed by atoms with Crippen LogP contribution in [0, 0.1) is 13.8 Å². The zero-order chi connectivity index (χ0) is 15.1. The second-order valence-electron chi connectivity index (χ2n) is 5.26. The normalized spacial score (nSPS) is 12.5. The van der Waals surface area contributed by atoms with Gasteiger partial charge in [-0.05, 0) is 19.4 Å². The molecule has 4 heteroatoms. The Labute approximate surface area is 131 Å². The van der Waals surface area contributed by atoms with Crippen LogP contribution in [0.15, 0.2) is 30.3 Å². The zero-order valence-electron chi connectivity index (χ0n) is 13.1. The molecule has 1 aromatic carbocycles. The van der Waals surface area contributed by atoms with E-state index in [0.29, 0.717) is 5.92 Å². The van der Waals surface area contributed by atoms with Gasteiger partial charge in [-0.25, -0.2) is 4.98 Å². The number of ether oxygens (including phenoxy) is 1. The first-order chi connectivity index (χ1) is 10.2. The molecule has 2 aromatic rings. The van der Waals surface area contributed by atoms with Crippen molar-refractivity contribution in [1.29, 1.82) is 0 Å². The van der Waals surface area contributed by atoms with Crippen LogP contribution in [0.1, 0.15) is 27.1 Å². The van der Waals surface area contributed by atoms with Crippen molar-refractivity contribution in [3.63, 3.8) is 0 Å². The van der Waals surface area contributed by atoms with Crippen molar-refractivity contribution >= 4 is 11.3 Å². The van der Waals surface area contributed by atoms with Gasteiger partial charge in [0.25, 0.3) is 0 Å². The second-order valence-corrected chi connectivity index (χ2v) is 6.55. The fraction of sp³-hybridized carbons (Fsp3) is 0.471. The topological polar surface area (TPSA) is 34.1 Å². The molecule has 0 spiro atoms. The summed E-state index contributed by atoms with van der Waals surface area (Å²) in [4.78, 5) is 6.01. The number of benzene rings is 1. The lowest BCUT2D eigenvalue weighted by molar-refractivity contribution is 0.199. The number of nitrogens with one attached hydrogen (secondary N) is 1. The molecule has 0 saturated heterocycles. The maximum atomic E-state index is 5.09. The Balaban J connectivity index is 2.04. The molecule has 1 unspecified atom stereocenters. The smallest absolute Gasteiger partial charge is 0.0937 e. The number of aromatic nitrogens is 1. The van der Waals surface area contributed by atoms with E-state index in [-0.39, 0.29) is 0 Å². The molecule has 1 heterocycles. The number of aryl methyl sites for hydroxylation is 2. The predicted molar refractivity (Wildman–Crippen MR) is 89.2 cm³/mol. The van der Waals surface area contributed by atoms with E-state index in [4.69, 9.17) is 4.74 Å². The molecule has 0 aliphatic heterocycles. The molecule has 0 bridgehead atoms. The van der Waals surface area contributed by atoms with Crippen molar-refractivity contribution in [3.8, 4) is 0 Å². The Morgan fingerprint density at radius 2 is 2.00 bits per heavy atom. The molecular weight excluding hydrogens is 280 g/mol. The fourth-order valence-corrected chi connectivity index (χ4v) is 3.33. The van der Waals surface area contributed by atoms with Crippen molar-refractivity contribution in [2.75, 3.05) is 26.8 Å². The predicted octanol–water partition coefficient (Wildman–Crippen LogP) is 3.32. The van der Waals surface area contributed by atoms with Crippen LogP contribution >= 0.6 is 11.3 Å². The first kappa shape index (κ1) is 16.1. The summed E-state index contributed by atoms with van der Waals surface area (Å²) in [6, 6.07) is 10.7. The Kier molecular flexibility index (Phi) is 6.36. The highest BCUT2D eigenvalue weighted by atomic mass is 32.1. The number of rotatable bonds is 8. The van der Waals surface area contributed by atoms with Crippen molar-refractivity contribution in [2.24, 2.45) is 0 Å². The van der Waals surface area contributed by atoms with E-state index in [9.17, 15) is 0 Å². The minimum atomic E-state index is 0.452. The van der Waals surface area contributed by atoms with Gasteiger partial charge in [0.1, 0.15) is 0 Å². The highest BCUT2D eigenvalue weighted by Gasteiger charge is 2.15. The highest BCUT2D eigenvalue weighted by molar-refractivity contribution is 7.11. The Morgan fingerprint density at radius 3 is 2.62 bits per heavy atom. The van der Waals surface area contributed by atoms with E-state index in [1.54, 1.807) is 7.11 Å². The molecule has 21 heavy (non-hydrogen) atoms. The summed E-state index contributed by atoms with van der Waals surface area (Å²) in [5.74, 6) is 0.452. The first-order valence-electron chi connectivity index (χ1n) is 7.38. The first-order valence-corrected chi connectivity index (χ1v) is 8.20. The molecule has 0 saturated carbocycles. The maximum absolute atomic E-state index is 5.09. The van der Waals surface area contributed by atoms with Gasteiger partial charge in [-0.2, -0.15) is 0 Å². The minimum Gasteiger partial charge on any atom is -0.383 e. The van der Waals surface area contributed by atoms with Crippen LogP contribution in [0.5, 0.6) is 0 Å². The summed E-state index contributed by atoms with van der Waals surface area (Å²) in [7, 11) is 1.73. The average Bonchev–Trinajstić information content (AvgIpc) is 2.81. The lowest BCUT2D eigenvalue weighted by Crippen LogP contribution is -2.26. The molecule has 114 valence electrons. The molecule has 1 atom stereocenters. The Bertz CT molecular complexity index is 519. The van der Waals surface area contributed by atoms with Gasteiger partial charge in [-0.3, -0.25) is 0 Å². The zero-order valence-corrected chi connectivity index (χ0v) is 13.9. The molecule has 2 rings (SSSR count). The van der Waals surface area contributed by atoms with Crippen LogP contribution in [0.3, 0.4) is 0 Å². The van der Waals surface area contributed by atoms with E-state index in [2.05, 4.69) is 54.5 Å². The third-order valence-electron chi connectivity index (χ3n) is 3.64. The van der Waals surface area contributed by atoms with Crippen LogP contribution in [0.4, 0.5) is 0 Å². The van der Waals surface area contributed by atoms with Crippen LogP contribution in [-0.2, 0) is 11.2 Å². The molecule has 0 aliphatic rings. The van der Waals surface area contributed by atoms with Gasteiger partial charge < -0.3 is 10.1 Å². The molecule has 3 nitrogen and oxygen atoms in total. The van der Waals surface area contributed by atoms with Gasteiger partial charge in [-0.1, -0.05) is 30.3 Å². The van der Waals surface area contributed by atoms with E-state index >= 15 is 0 Å². The van der Waals surface area contributed by atoms with Crippen LogP contribution in [0.25, 0.3) is 0 Å². The Morgan fingerprint density at radius 1 is 1.24 bits per heavy atom. The van der Waals surface area contributed by atoms with Crippen molar-refractivity contribution in [1.82, 2.24) is 10.3 Å². The third kappa shape index (κ3) is 4.92. The van der Waals surface area contributed by atoms with E-state index in [1.165, 1.54) is 15.4 Å². The quantitative estimate of drug-likeness (QED) is 0.760. The summed E-state index contributed by atoms with van der Waals surface area (Å²) in [6.45, 7) is 6.81. The van der Waals surface area contributed by atoms with Crippen molar-refractivity contribution < 1.29 is 4.74 Å². The van der Waals surface area contributed by atoms with Gasteiger partial charge in [0, 0.05) is 37.4 Å². The highest BCUT2D eigenvalue weighted by Crippen LogP contribution is 2.24. The molecule has 1 aromatic heterocycles. The summed E-state index contributed by atoms with van der Waals surface area (Å²) in [6.07, 6.45) is 0.989. The maximum Gasteiger partial charge on any atom is 0.0937 e. The van der Waals surface area contributed by atoms with Crippen LogP contribution < -0.4 is 5.32 Å². The fourth-order valence-electron chi connectivity index (χ4n) is 2.32. The SMILES string of the molecule is COCCNCC(Cc1nc(C)c(C)s1)c1ccccc1. The molecule has 0 amide bonds. The molecule has 1 N–H and O–H groups in total. The number of thiazole rings is 1. The van der Waals surface area contributed by atoms with E-state index in [0.717, 1.165) is 31.8 Å². The number of nitrogens with zero attached hydrogens (tertiary/aromatic N) is 1. The van der Waals surface area contributed by atoms with Crippen molar-refractivity contribution in [3.05, 3.63) is 51.5 Å². The van der Waals surface area contributed by atoms with Gasteiger partial charge >= 0.3 is 0 Å². The van der Waals surface area contributed by atoms with Gasteiger partial charge in [0.05, 0.1) is 17.3 Å². The average molecular weight is 304 g/mol. The third-order valence-corrected chi connectivity index (χ3v) is 4.73. The summed E-state index contributed by atoms with van der Waals surface area (Å²) in [5, 5.41) is 4.71. The molecular formula is C17H24N2OS. The summed E-state index contributed by atoms with van der Waals surface area (Å²) in [5.41, 5.74) is 2.53. The van der Waals surface area contributed by atoms with Crippen LogP contribution in [-0.4, -0.2) is 31.8 Å². The van der Waals surface area contributed by atoms with Gasteiger partial charge in [0.15, 0.2) is 0 Å². The number of hydrogen-bond donors (Lipinski definition) is 1. The Hall–Kier alpha value is -1.23. The standard InChI is InChI=1S/C17H24N2OS/c1-13-14(2)21-17(19-13)11-16(12-18-9-10-20-3)15-7-5-4-6-8-15/h4-8,16,18H,9-12H2,1-3H3. The van der Waals surface area contributed by atoms with Crippen LogP contribution in [0.2, 0.25) is 0 Å². The lowest BCUT2D eigenvalue weighted by atomic mass is 9.96. The number of hydrogen-bond acceptors (Lipinski definition) is 4. The second kappa shape index (κ2) is 8.27. The minimum absolute atomic E-state index is 0.452. The molecule has 0 radical (unpaired) electrons. The monoisotopic (exact) mass is 304 g/mol. The summed E-state index contributed by atoms with van der Waals surface area (Å²) < 4.78 is 5.09. The van der Waals surface area contributed by atoms with Gasteiger partial charge in [-0.15, -0.1) is 11.3 Å². The number of methoxy groups -OCH3 is 1. The largest absolute Gasteiger partial charge is 0.383 e. The molecule has 0 aliphatic carbocycles. The lowest BCUT2D eigenvalue weighted by Gasteiger charge is -2.17. The summed E-state index contributed by atoms with van der Waals surface area (Å²) >= 11 is 1.82. The van der Waals surface area contributed by atoms with Gasteiger partial charge in [0.2, 0.25) is 0 Å². The van der Waals surface area contributed by atoms with E-state index < -0.39 is 0 Å². The van der Waals surface area contributed by atoms with Crippen molar-refractivity contribution in [2.45, 2.75) is 26.2 Å². The van der Waals surface area contributed by atoms with E-state index in [1.807, 2.05) is 11.3 Å².